The van der Waals surface area contributed by atoms with E-state index in [1.54, 1.807) is 7.11 Å². The second-order valence-electron chi connectivity index (χ2n) is 6.92. The molecular weight excluding hydrogens is 332 g/mol. The molecule has 0 saturated carbocycles. The molecule has 3 heteroatoms. The van der Waals surface area contributed by atoms with Crippen molar-refractivity contribution in [2.75, 3.05) is 19.1 Å². The number of para-hydroxylation sites is 1. The van der Waals surface area contributed by atoms with Crippen LogP contribution < -0.4 is 9.64 Å². The van der Waals surface area contributed by atoms with E-state index in [4.69, 9.17) is 4.74 Å². The molecule has 136 valence electrons. The summed E-state index contributed by atoms with van der Waals surface area (Å²) in [7, 11) is 3.86. The minimum Gasteiger partial charge on any atom is -0.497 e. The predicted octanol–water partition coefficient (Wildman–Crippen LogP) is 5.71. The topological polar surface area (TPSA) is 28.3 Å². The molecule has 27 heavy (non-hydrogen) atoms. The van der Waals surface area contributed by atoms with Gasteiger partial charge in [-0.05, 0) is 42.8 Å². The highest BCUT2D eigenvalue weighted by Crippen LogP contribution is 2.36. The van der Waals surface area contributed by atoms with Crippen LogP contribution in [0.25, 0.3) is 10.9 Å². The maximum Gasteiger partial charge on any atom is 0.119 e. The molecule has 1 unspecified atom stereocenters. The summed E-state index contributed by atoms with van der Waals surface area (Å²) in [4.78, 5) is 5.75. The number of ether oxygens (including phenoxy) is 1. The SMILES string of the molecule is COc1ccc2[nH]cc(C(c3ccc(C)cc3)N(C)c3ccccc3)c2c1. The van der Waals surface area contributed by atoms with E-state index in [9.17, 15) is 0 Å². The van der Waals surface area contributed by atoms with Crippen LogP contribution in [0.4, 0.5) is 5.69 Å². The molecule has 1 atom stereocenters. The van der Waals surface area contributed by atoms with Gasteiger partial charge in [0.25, 0.3) is 0 Å². The number of rotatable bonds is 5. The van der Waals surface area contributed by atoms with Crippen LogP contribution in [0.5, 0.6) is 5.75 Å². The normalized spacial score (nSPS) is 12.1. The fraction of sp³-hybridized carbons (Fsp3) is 0.167. The van der Waals surface area contributed by atoms with Crippen molar-refractivity contribution in [3.63, 3.8) is 0 Å². The van der Waals surface area contributed by atoms with Crippen LogP contribution >= 0.6 is 0 Å². The number of aryl methyl sites for hydroxylation is 1. The lowest BCUT2D eigenvalue weighted by molar-refractivity contribution is 0.415. The molecule has 0 saturated heterocycles. The van der Waals surface area contributed by atoms with Gasteiger partial charge >= 0.3 is 0 Å². The highest BCUT2D eigenvalue weighted by molar-refractivity contribution is 5.86. The molecule has 1 aromatic heterocycles. The van der Waals surface area contributed by atoms with Crippen LogP contribution in [0.1, 0.15) is 22.7 Å². The first-order valence-electron chi connectivity index (χ1n) is 9.17. The van der Waals surface area contributed by atoms with Gasteiger partial charge in [-0.1, -0.05) is 48.0 Å². The molecule has 1 heterocycles. The zero-order chi connectivity index (χ0) is 18.8. The Morgan fingerprint density at radius 2 is 1.67 bits per heavy atom. The highest BCUT2D eigenvalue weighted by Gasteiger charge is 2.23. The molecule has 0 amide bonds. The smallest absolute Gasteiger partial charge is 0.119 e. The lowest BCUT2D eigenvalue weighted by atomic mass is 9.95. The van der Waals surface area contributed by atoms with Gasteiger partial charge in [-0.15, -0.1) is 0 Å². The summed E-state index contributed by atoms with van der Waals surface area (Å²) in [6.07, 6.45) is 2.12. The summed E-state index contributed by atoms with van der Waals surface area (Å²) >= 11 is 0. The summed E-state index contributed by atoms with van der Waals surface area (Å²) in [6.45, 7) is 2.12. The molecular formula is C24H24N2O. The molecule has 4 aromatic rings. The Balaban J connectivity index is 1.89. The number of methoxy groups -OCH3 is 1. The Labute approximate surface area is 160 Å². The van der Waals surface area contributed by atoms with Gasteiger partial charge in [-0.2, -0.15) is 0 Å². The van der Waals surface area contributed by atoms with Gasteiger partial charge < -0.3 is 14.6 Å². The highest BCUT2D eigenvalue weighted by atomic mass is 16.5. The number of nitrogens with zero attached hydrogens (tertiary/aromatic N) is 1. The summed E-state index contributed by atoms with van der Waals surface area (Å²) in [5, 5.41) is 1.18. The number of hydrogen-bond acceptors (Lipinski definition) is 2. The quantitative estimate of drug-likeness (QED) is 0.496. The monoisotopic (exact) mass is 356 g/mol. The molecule has 0 fully saturated rings. The zero-order valence-corrected chi connectivity index (χ0v) is 15.9. The number of aromatic nitrogens is 1. The van der Waals surface area contributed by atoms with Gasteiger partial charge in [0.05, 0.1) is 13.2 Å². The number of hydrogen-bond donors (Lipinski definition) is 1. The fourth-order valence-electron chi connectivity index (χ4n) is 3.65. The molecule has 0 aliphatic carbocycles. The Kier molecular flexibility index (Phi) is 4.59. The van der Waals surface area contributed by atoms with E-state index in [0.29, 0.717) is 0 Å². The molecule has 3 aromatic carbocycles. The van der Waals surface area contributed by atoms with E-state index in [2.05, 4.69) is 96.8 Å². The Morgan fingerprint density at radius 1 is 0.926 bits per heavy atom. The summed E-state index contributed by atoms with van der Waals surface area (Å²) in [5.41, 5.74) is 6.06. The standard InChI is InChI=1S/C24H24N2O/c1-17-9-11-18(12-10-17)24(26(2)19-7-5-4-6-8-19)22-16-25-23-14-13-20(27-3)15-21(22)23/h4-16,24-25H,1-3H3. The summed E-state index contributed by atoms with van der Waals surface area (Å²) in [5.74, 6) is 0.869. The van der Waals surface area contributed by atoms with Gasteiger partial charge in [0, 0.05) is 35.4 Å². The van der Waals surface area contributed by atoms with E-state index >= 15 is 0 Å². The van der Waals surface area contributed by atoms with E-state index in [-0.39, 0.29) is 6.04 Å². The second-order valence-corrected chi connectivity index (χ2v) is 6.92. The maximum absolute atomic E-state index is 5.47. The minimum atomic E-state index is 0.0915. The second kappa shape index (κ2) is 7.20. The number of benzene rings is 3. The predicted molar refractivity (Wildman–Crippen MR) is 113 cm³/mol. The number of H-pyrrole nitrogens is 1. The van der Waals surface area contributed by atoms with E-state index in [1.165, 1.54) is 27.8 Å². The van der Waals surface area contributed by atoms with Gasteiger partial charge in [-0.3, -0.25) is 0 Å². The lowest BCUT2D eigenvalue weighted by Gasteiger charge is -2.31. The van der Waals surface area contributed by atoms with Crippen molar-refractivity contribution in [2.45, 2.75) is 13.0 Å². The van der Waals surface area contributed by atoms with E-state index in [0.717, 1.165) is 11.3 Å². The fourth-order valence-corrected chi connectivity index (χ4v) is 3.65. The van der Waals surface area contributed by atoms with Crippen LogP contribution in [0.3, 0.4) is 0 Å². The molecule has 3 nitrogen and oxygen atoms in total. The van der Waals surface area contributed by atoms with Crippen molar-refractivity contribution >= 4 is 16.6 Å². The zero-order valence-electron chi connectivity index (χ0n) is 15.9. The summed E-state index contributed by atoms with van der Waals surface area (Å²) in [6, 6.07) is 25.6. The van der Waals surface area contributed by atoms with Crippen LogP contribution in [0.15, 0.2) is 79.0 Å². The number of fused-ring (bicyclic) bond motifs is 1. The molecule has 0 aliphatic rings. The lowest BCUT2D eigenvalue weighted by Crippen LogP contribution is -2.25. The first-order chi connectivity index (χ1) is 13.2. The van der Waals surface area contributed by atoms with Crippen LogP contribution in [-0.4, -0.2) is 19.1 Å². The molecule has 1 N–H and O–H groups in total. The molecule has 0 bridgehead atoms. The van der Waals surface area contributed by atoms with Gasteiger partial charge in [0.1, 0.15) is 5.75 Å². The average molecular weight is 356 g/mol. The number of anilines is 1. The van der Waals surface area contributed by atoms with Crippen LogP contribution in [0.2, 0.25) is 0 Å². The van der Waals surface area contributed by atoms with Crippen molar-refractivity contribution in [3.05, 3.63) is 95.7 Å². The third-order valence-electron chi connectivity index (χ3n) is 5.16. The first-order valence-corrected chi connectivity index (χ1v) is 9.17. The Hall–Kier alpha value is -3.20. The van der Waals surface area contributed by atoms with Gasteiger partial charge in [-0.25, -0.2) is 0 Å². The van der Waals surface area contributed by atoms with E-state index < -0.39 is 0 Å². The molecule has 0 radical (unpaired) electrons. The van der Waals surface area contributed by atoms with Gasteiger partial charge in [0.2, 0.25) is 0 Å². The summed E-state index contributed by atoms with van der Waals surface area (Å²) < 4.78 is 5.47. The maximum atomic E-state index is 5.47. The third-order valence-corrected chi connectivity index (χ3v) is 5.16. The van der Waals surface area contributed by atoms with E-state index in [1.807, 2.05) is 6.07 Å². The van der Waals surface area contributed by atoms with Crippen molar-refractivity contribution in [3.8, 4) is 5.75 Å². The van der Waals surface area contributed by atoms with Gasteiger partial charge in [0.15, 0.2) is 0 Å². The number of aromatic amines is 1. The first kappa shape index (κ1) is 17.2. The van der Waals surface area contributed by atoms with Crippen molar-refractivity contribution < 1.29 is 4.74 Å². The third kappa shape index (κ3) is 3.28. The largest absolute Gasteiger partial charge is 0.497 e. The van der Waals surface area contributed by atoms with Crippen LogP contribution in [-0.2, 0) is 0 Å². The average Bonchev–Trinajstić information content (AvgIpc) is 3.13. The van der Waals surface area contributed by atoms with Crippen molar-refractivity contribution in [1.29, 1.82) is 0 Å². The van der Waals surface area contributed by atoms with Crippen molar-refractivity contribution in [2.24, 2.45) is 0 Å². The Morgan fingerprint density at radius 3 is 2.37 bits per heavy atom. The number of nitrogens with one attached hydrogen (secondary N) is 1. The molecule has 0 spiro atoms. The van der Waals surface area contributed by atoms with Crippen molar-refractivity contribution in [1.82, 2.24) is 4.98 Å². The Bertz CT molecular complexity index is 1040. The minimum absolute atomic E-state index is 0.0915. The molecule has 4 rings (SSSR count). The van der Waals surface area contributed by atoms with Crippen LogP contribution in [0, 0.1) is 6.92 Å². The molecule has 0 aliphatic heterocycles.